The van der Waals surface area contributed by atoms with Gasteiger partial charge >= 0.3 is 0 Å². The molecule has 0 N–H and O–H groups in total. The Labute approximate surface area is 471 Å². The highest BCUT2D eigenvalue weighted by molar-refractivity contribution is 8.06. The van der Waals surface area contributed by atoms with Crippen molar-refractivity contribution in [2.45, 2.75) is 203 Å². The molecule has 16 bridgehead atoms. The lowest BCUT2D eigenvalue weighted by molar-refractivity contribution is 0.680. The fraction of sp³-hybridized carbons (Fsp3) is 0.357. The third-order valence-electron chi connectivity index (χ3n) is 12.8. The van der Waals surface area contributed by atoms with Gasteiger partial charge in [-0.05, 0) is 146 Å². The molecule has 0 aromatic heterocycles. The van der Waals surface area contributed by atoms with Crippen LogP contribution in [0.3, 0.4) is 0 Å². The maximum absolute atomic E-state index is 13.8. The Morgan fingerprint density at radius 2 is 0.500 bits per heavy atom. The molecule has 6 aromatic rings. The molecular weight excluding hydrogens is 1120 g/mol. The highest BCUT2D eigenvalue weighted by atomic mass is 32.2. The van der Waals surface area contributed by atoms with Crippen LogP contribution in [0.25, 0.3) is 0 Å². The van der Waals surface area contributed by atoms with Crippen LogP contribution in [-0.2, 0) is 68.9 Å². The first-order valence-corrected chi connectivity index (χ1v) is 37.3. The van der Waals surface area contributed by atoms with Gasteiger partial charge in [0.2, 0.25) is 0 Å². The molecule has 0 spiro atoms. The van der Waals surface area contributed by atoms with E-state index in [0.29, 0.717) is 0 Å². The van der Waals surface area contributed by atoms with Gasteiger partial charge in [-0.3, -0.25) is 16.8 Å². The number of rotatable bonds is 16. The molecule has 0 saturated heterocycles. The van der Waals surface area contributed by atoms with Crippen molar-refractivity contribution in [2.75, 3.05) is 25.0 Å². The summed E-state index contributed by atoms with van der Waals surface area (Å²) in [5.41, 5.74) is 5.30. The van der Waals surface area contributed by atoms with Crippen LogP contribution in [0.5, 0.6) is 0 Å². The molecule has 72 heavy (non-hydrogen) atoms. The Morgan fingerprint density at radius 1 is 0.292 bits per heavy atom. The van der Waals surface area contributed by atoms with Crippen molar-refractivity contribution in [2.24, 2.45) is 0 Å². The van der Waals surface area contributed by atoms with Crippen LogP contribution >= 0.6 is 94.1 Å². The van der Waals surface area contributed by atoms with E-state index in [4.69, 9.17) is 0 Å². The summed E-state index contributed by atoms with van der Waals surface area (Å²) in [6, 6.07) is 26.5. The minimum absolute atomic E-state index is 0.719. The molecule has 0 saturated carbocycles. The van der Waals surface area contributed by atoms with Crippen molar-refractivity contribution in [3.05, 3.63) is 95.1 Å². The molecule has 4 unspecified atom stereocenters. The van der Waals surface area contributed by atoms with E-state index in [0.717, 1.165) is 116 Å². The number of benzene rings is 6. The summed E-state index contributed by atoms with van der Waals surface area (Å²) in [4.78, 5) is 21.5. The van der Waals surface area contributed by atoms with E-state index in [1.165, 1.54) is 81.0 Å². The molecular formula is C56H60O4S12. The maximum Gasteiger partial charge on any atom is 0.0537 e. The van der Waals surface area contributed by atoms with Gasteiger partial charge in [0.25, 0.3) is 0 Å². The molecule has 14 aliphatic rings. The second kappa shape index (κ2) is 25.0. The van der Waals surface area contributed by atoms with Crippen molar-refractivity contribution >= 4 is 137 Å². The Balaban J connectivity index is 1.29. The van der Waals surface area contributed by atoms with Crippen LogP contribution in [-0.4, -0.2) is 41.9 Å². The summed E-state index contributed by atoms with van der Waals surface area (Å²) >= 11 is 14.3. The Bertz CT molecular complexity index is 2770. The first-order valence-electron chi connectivity index (χ1n) is 24.6. The molecule has 16 heteroatoms. The van der Waals surface area contributed by atoms with E-state index >= 15 is 0 Å². The third-order valence-corrected chi connectivity index (χ3v) is 27.3. The normalized spacial score (nSPS) is 15.4. The van der Waals surface area contributed by atoms with Gasteiger partial charge in [-0.15, -0.1) is 0 Å². The predicted octanol–water partition coefficient (Wildman–Crippen LogP) is 18.2. The standard InChI is InChI=1S/C56H60O4S12/c1-9-13-17-33-37-21-25-41-53(33)65-42-26-22-38(34(18-14-10-2)54(42)66-41)63-47-30-48(52(72(8)60)32-51(47)71(7)59)64-40-24-28-44-56(36(40)20-16-12-4)68-43-27-23-39(35(19-15-11-3)55(43)67-44)62-46-29-45(61-37)49(69(5)57)31-50(46)70(6)58/h21-32H,9-20H2,1-8H3. The number of hydrogen-bond acceptors (Lipinski definition) is 12. The van der Waals surface area contributed by atoms with Crippen LogP contribution in [0.15, 0.2) is 171 Å². The fourth-order valence-corrected chi connectivity index (χ4v) is 23.5. The molecule has 4 nitrogen and oxygen atoms in total. The van der Waals surface area contributed by atoms with Crippen molar-refractivity contribution in [3.8, 4) is 0 Å². The lowest BCUT2D eigenvalue weighted by atomic mass is 10.1. The zero-order chi connectivity index (χ0) is 50.8. The monoisotopic (exact) mass is 1180 g/mol. The number of unbranched alkanes of at least 4 members (excludes halogenated alkanes) is 4. The molecule has 0 radical (unpaired) electrons. The van der Waals surface area contributed by atoms with Gasteiger partial charge in [0, 0.05) is 103 Å². The second-order valence-corrected chi connectivity index (χ2v) is 32.0. The van der Waals surface area contributed by atoms with E-state index < -0.39 is 43.2 Å². The van der Waals surface area contributed by atoms with Crippen LogP contribution in [0.4, 0.5) is 0 Å². The molecule has 4 atom stereocenters. The van der Waals surface area contributed by atoms with Crippen LogP contribution < -0.4 is 0 Å². The van der Waals surface area contributed by atoms with Gasteiger partial charge in [-0.2, -0.15) is 0 Å². The summed E-state index contributed by atoms with van der Waals surface area (Å²) in [6.07, 6.45) is 19.1. The number of hydrogen-bond donors (Lipinski definition) is 0. The van der Waals surface area contributed by atoms with Crippen molar-refractivity contribution in [1.82, 2.24) is 0 Å². The molecule has 0 aliphatic carbocycles. The summed E-state index contributed by atoms with van der Waals surface area (Å²) in [7, 11) is -5.27. The van der Waals surface area contributed by atoms with Crippen molar-refractivity contribution < 1.29 is 16.8 Å². The third kappa shape index (κ3) is 11.9. The molecule has 14 aliphatic heterocycles. The molecule has 380 valence electrons. The van der Waals surface area contributed by atoms with Gasteiger partial charge in [0.05, 0.1) is 62.8 Å². The van der Waals surface area contributed by atoms with Gasteiger partial charge < -0.3 is 0 Å². The van der Waals surface area contributed by atoms with E-state index in [9.17, 15) is 16.8 Å². The average molecular weight is 1180 g/mol. The SMILES string of the molecule is CCCCc1c2ccc3c1Sc1ccc(c(CCCC)c1S3)Sc1cc(c(S(C)=O)cc1S(C)=O)Sc1ccc3c(c1CCCC)Sc1ccc(c(CCCC)c1S3)Sc1cc(c(S(C)=O)cc1S(C)=O)S2. The van der Waals surface area contributed by atoms with Crippen LogP contribution in [0.1, 0.15) is 101 Å². The first-order chi connectivity index (χ1) is 34.8. The lowest BCUT2D eigenvalue weighted by Crippen LogP contribution is -2.04. The van der Waals surface area contributed by atoms with Crippen LogP contribution in [0, 0.1) is 0 Å². The van der Waals surface area contributed by atoms with Crippen LogP contribution in [0.2, 0.25) is 0 Å². The largest absolute Gasteiger partial charge is 0.255 e. The van der Waals surface area contributed by atoms with Gasteiger partial charge in [-0.25, -0.2) is 0 Å². The smallest absolute Gasteiger partial charge is 0.0537 e. The minimum atomic E-state index is -1.32. The summed E-state index contributed by atoms with van der Waals surface area (Å²) in [5.74, 6) is 0. The lowest BCUT2D eigenvalue weighted by Gasteiger charge is -2.27. The van der Waals surface area contributed by atoms with Gasteiger partial charge in [0.1, 0.15) is 0 Å². The molecule has 0 amide bonds. The highest BCUT2D eigenvalue weighted by Gasteiger charge is 2.30. The molecule has 20 rings (SSSR count). The summed E-state index contributed by atoms with van der Waals surface area (Å²) in [6.45, 7) is 8.99. The molecule has 6 aromatic carbocycles. The highest BCUT2D eigenvalue weighted by Crippen LogP contribution is 2.58. The first kappa shape index (κ1) is 55.5. The topological polar surface area (TPSA) is 68.3 Å². The fourth-order valence-electron chi connectivity index (χ4n) is 9.04. The molecule has 14 heterocycles. The Hall–Kier alpha value is -1.28. The second-order valence-electron chi connectivity index (χ2n) is 18.0. The summed E-state index contributed by atoms with van der Waals surface area (Å²) < 4.78 is 55.0. The Kier molecular flexibility index (Phi) is 19.3. The van der Waals surface area contributed by atoms with E-state index in [1.807, 2.05) is 59.2 Å². The zero-order valence-electron chi connectivity index (χ0n) is 41.9. The van der Waals surface area contributed by atoms with Crippen molar-refractivity contribution in [3.63, 3.8) is 0 Å². The molecule has 0 fully saturated rings. The van der Waals surface area contributed by atoms with Crippen molar-refractivity contribution in [1.29, 1.82) is 0 Å². The van der Waals surface area contributed by atoms with Gasteiger partial charge in [0.15, 0.2) is 0 Å². The maximum atomic E-state index is 13.8. The minimum Gasteiger partial charge on any atom is -0.255 e. The van der Waals surface area contributed by atoms with E-state index in [2.05, 4.69) is 88.4 Å². The predicted molar refractivity (Wildman–Crippen MR) is 315 cm³/mol. The average Bonchev–Trinajstić information content (AvgIpc) is 3.35. The van der Waals surface area contributed by atoms with Gasteiger partial charge in [-0.1, -0.05) is 147 Å². The zero-order valence-corrected chi connectivity index (χ0v) is 51.7. The van der Waals surface area contributed by atoms with E-state index in [-0.39, 0.29) is 0 Å². The quantitative estimate of drug-likeness (QED) is 0.0925. The van der Waals surface area contributed by atoms with E-state index in [1.54, 1.807) is 72.1 Å². The summed E-state index contributed by atoms with van der Waals surface area (Å²) in [5, 5.41) is 0. The Morgan fingerprint density at radius 3 is 0.694 bits per heavy atom.